The second-order valence-electron chi connectivity index (χ2n) is 26.0. The fraction of sp³-hybridized carbons (Fsp3) is 0.797. The van der Waals surface area contributed by atoms with Gasteiger partial charge in [0.1, 0.15) is 24.4 Å². The van der Waals surface area contributed by atoms with Crippen LogP contribution in [-0.2, 0) is 23.8 Å². The van der Waals surface area contributed by atoms with Gasteiger partial charge in [0, 0.05) is 12.8 Å². The van der Waals surface area contributed by atoms with Crippen LogP contribution in [0.25, 0.3) is 0 Å². The van der Waals surface area contributed by atoms with Gasteiger partial charge in [-0.3, -0.25) is 9.59 Å². The maximum atomic E-state index is 13.0. The SMILES string of the molecule is CC=CCCC=CCCC=CC(O)C(COC1OC(CO)C(O)C(O)C1O)NC(=O)CCCCCCCCCCCCCCCCCCCC=CCC=CCCCCCCCCCCCCCOC(=O)CCCCCCCCCC=CCC=CCCCCCC. The number of amides is 1. The molecule has 1 heterocycles. The number of carbonyl (C=O) groups is 2. The molecule has 0 aromatic heterocycles. The molecule has 522 valence electrons. The Morgan fingerprint density at radius 1 is 0.433 bits per heavy atom. The van der Waals surface area contributed by atoms with Crippen molar-refractivity contribution in [2.45, 2.75) is 384 Å². The zero-order valence-corrected chi connectivity index (χ0v) is 58.1. The molecule has 0 aliphatic carbocycles. The Morgan fingerprint density at radius 2 is 0.800 bits per heavy atom. The van der Waals surface area contributed by atoms with Crippen LogP contribution in [0.15, 0.2) is 85.1 Å². The van der Waals surface area contributed by atoms with Gasteiger partial charge in [0.15, 0.2) is 6.29 Å². The molecule has 0 saturated carbocycles. The van der Waals surface area contributed by atoms with Crippen LogP contribution in [0.2, 0.25) is 0 Å². The fourth-order valence-electron chi connectivity index (χ4n) is 11.6. The Labute approximate surface area is 553 Å². The van der Waals surface area contributed by atoms with Crippen molar-refractivity contribution in [1.82, 2.24) is 5.32 Å². The average Bonchev–Trinajstić information content (AvgIpc) is 0.957. The van der Waals surface area contributed by atoms with Crippen LogP contribution in [0.5, 0.6) is 0 Å². The first-order valence-corrected chi connectivity index (χ1v) is 37.8. The number of hydrogen-bond acceptors (Lipinski definition) is 10. The number of hydrogen-bond donors (Lipinski definition) is 6. The van der Waals surface area contributed by atoms with Gasteiger partial charge in [0.2, 0.25) is 5.91 Å². The number of nitrogens with one attached hydrogen (secondary N) is 1. The molecule has 90 heavy (non-hydrogen) atoms. The highest BCUT2D eigenvalue weighted by Crippen LogP contribution is 2.23. The first-order valence-electron chi connectivity index (χ1n) is 37.8. The van der Waals surface area contributed by atoms with Crippen molar-refractivity contribution in [2.24, 2.45) is 0 Å². The lowest BCUT2D eigenvalue weighted by molar-refractivity contribution is -0.302. The monoisotopic (exact) mass is 1260 g/mol. The predicted molar refractivity (Wildman–Crippen MR) is 379 cm³/mol. The summed E-state index contributed by atoms with van der Waals surface area (Å²) in [5, 5.41) is 54.2. The maximum Gasteiger partial charge on any atom is 0.305 e. The van der Waals surface area contributed by atoms with Gasteiger partial charge in [-0.15, -0.1) is 0 Å². The molecular weight excluding hydrogens is 1120 g/mol. The Kier molecular flexibility index (Phi) is 63.4. The summed E-state index contributed by atoms with van der Waals surface area (Å²) in [5.74, 6) is -0.195. The molecule has 0 aromatic carbocycles. The molecule has 0 radical (unpaired) electrons. The molecule has 1 fully saturated rings. The molecule has 6 N–H and O–H groups in total. The molecule has 7 atom stereocenters. The molecule has 11 heteroatoms. The highest BCUT2D eigenvalue weighted by Gasteiger charge is 2.44. The molecule has 11 nitrogen and oxygen atoms in total. The van der Waals surface area contributed by atoms with Gasteiger partial charge in [-0.05, 0) is 116 Å². The van der Waals surface area contributed by atoms with Crippen molar-refractivity contribution in [2.75, 3.05) is 19.8 Å². The van der Waals surface area contributed by atoms with E-state index in [2.05, 4.69) is 79.1 Å². The number of ether oxygens (including phenoxy) is 3. The van der Waals surface area contributed by atoms with Crippen molar-refractivity contribution >= 4 is 11.9 Å². The van der Waals surface area contributed by atoms with E-state index in [0.29, 0.717) is 19.4 Å². The van der Waals surface area contributed by atoms with Gasteiger partial charge in [-0.2, -0.15) is 0 Å². The normalized spacial score (nSPS) is 18.1. The molecule has 1 amide bonds. The van der Waals surface area contributed by atoms with Crippen LogP contribution in [0.3, 0.4) is 0 Å². The molecule has 7 unspecified atom stereocenters. The van der Waals surface area contributed by atoms with E-state index in [9.17, 15) is 35.1 Å². The third kappa shape index (κ3) is 55.3. The minimum Gasteiger partial charge on any atom is -0.466 e. The Balaban J connectivity index is 1.89. The average molecular weight is 1260 g/mol. The molecule has 1 saturated heterocycles. The van der Waals surface area contributed by atoms with Crippen LogP contribution in [0.1, 0.15) is 341 Å². The van der Waals surface area contributed by atoms with Gasteiger partial charge in [0.05, 0.1) is 32.0 Å². The minimum absolute atomic E-state index is 0.00195. The van der Waals surface area contributed by atoms with E-state index in [4.69, 9.17) is 14.2 Å². The third-order valence-corrected chi connectivity index (χ3v) is 17.5. The number of allylic oxidation sites excluding steroid dienone is 13. The minimum atomic E-state index is -1.58. The second kappa shape index (κ2) is 67.3. The lowest BCUT2D eigenvalue weighted by Crippen LogP contribution is -2.60. The Morgan fingerprint density at radius 3 is 1.22 bits per heavy atom. The second-order valence-corrected chi connectivity index (χ2v) is 26.0. The zero-order valence-electron chi connectivity index (χ0n) is 58.1. The van der Waals surface area contributed by atoms with Gasteiger partial charge in [-0.25, -0.2) is 0 Å². The molecule has 1 aliphatic rings. The summed E-state index contributed by atoms with van der Waals surface area (Å²) in [6, 6.07) is -0.833. The van der Waals surface area contributed by atoms with Crippen LogP contribution in [-0.4, -0.2) is 100 Å². The number of rotatable bonds is 66. The largest absolute Gasteiger partial charge is 0.466 e. The summed E-state index contributed by atoms with van der Waals surface area (Å²) in [6.45, 7) is 4.09. The van der Waals surface area contributed by atoms with Gasteiger partial charge in [-0.1, -0.05) is 297 Å². The van der Waals surface area contributed by atoms with Crippen molar-refractivity contribution in [1.29, 1.82) is 0 Å². The van der Waals surface area contributed by atoms with E-state index in [1.165, 1.54) is 238 Å². The lowest BCUT2D eigenvalue weighted by atomic mass is 9.99. The third-order valence-electron chi connectivity index (χ3n) is 17.5. The lowest BCUT2D eigenvalue weighted by Gasteiger charge is -2.40. The summed E-state index contributed by atoms with van der Waals surface area (Å²) in [4.78, 5) is 25.1. The fourth-order valence-corrected chi connectivity index (χ4v) is 11.6. The summed E-state index contributed by atoms with van der Waals surface area (Å²) < 4.78 is 16.7. The van der Waals surface area contributed by atoms with Gasteiger partial charge in [0.25, 0.3) is 0 Å². The van der Waals surface area contributed by atoms with E-state index < -0.39 is 49.5 Å². The van der Waals surface area contributed by atoms with E-state index >= 15 is 0 Å². The van der Waals surface area contributed by atoms with Crippen molar-refractivity contribution in [3.63, 3.8) is 0 Å². The number of unbranched alkanes of at least 4 members (excludes halogenated alkanes) is 41. The molecule has 1 aliphatic heterocycles. The standard InChI is InChI=1S/C79H141NO10/c1-3-5-7-9-11-13-14-15-16-17-38-41-44-47-51-55-59-63-67-75(84)88-68-64-60-56-52-48-45-42-39-36-34-32-30-28-26-24-22-20-18-19-21-23-25-27-29-31-33-35-37-40-43-46-50-54-58-62-66-74(83)80-71(72(82)65-61-57-53-49-12-10-8-6-4-2)70-89-79-78(87)77(86)76(85)73(69-81)90-79/h4,6,12-14,16-17,20,22,26,28,49,61,65,71-73,76-79,81-82,85-87H,3,5,7-11,15,18-19,21,23-25,27,29-48,50-60,62-64,66-70H2,1-2H3,(H,80,83). The molecule has 0 aromatic rings. The van der Waals surface area contributed by atoms with Crippen LogP contribution >= 0.6 is 0 Å². The topological polar surface area (TPSA) is 175 Å². The highest BCUT2D eigenvalue weighted by molar-refractivity contribution is 5.76. The number of aliphatic hydroxyl groups is 5. The van der Waals surface area contributed by atoms with Crippen LogP contribution in [0, 0.1) is 0 Å². The van der Waals surface area contributed by atoms with Crippen LogP contribution in [0.4, 0.5) is 0 Å². The quantitative estimate of drug-likeness (QED) is 0.0195. The van der Waals surface area contributed by atoms with E-state index in [0.717, 1.165) is 77.0 Å². The van der Waals surface area contributed by atoms with Crippen molar-refractivity contribution < 1.29 is 49.3 Å². The summed E-state index contributed by atoms with van der Waals surface area (Å²) in [6.07, 6.45) is 83.5. The number of aliphatic hydroxyl groups excluding tert-OH is 5. The van der Waals surface area contributed by atoms with E-state index in [1.54, 1.807) is 6.08 Å². The van der Waals surface area contributed by atoms with Crippen LogP contribution < -0.4 is 5.32 Å². The number of esters is 1. The zero-order chi connectivity index (χ0) is 65.1. The summed E-state index contributed by atoms with van der Waals surface area (Å²) in [7, 11) is 0. The Bertz CT molecular complexity index is 1770. The van der Waals surface area contributed by atoms with Crippen molar-refractivity contribution in [3.05, 3.63) is 85.1 Å². The first-order chi connectivity index (χ1) is 44.2. The van der Waals surface area contributed by atoms with E-state index in [1.807, 2.05) is 19.1 Å². The predicted octanol–water partition coefficient (Wildman–Crippen LogP) is 20.0. The number of carbonyl (C=O) groups excluding carboxylic acids is 2. The molecule has 1 rings (SSSR count). The van der Waals surface area contributed by atoms with Gasteiger partial charge < -0.3 is 45.1 Å². The summed E-state index contributed by atoms with van der Waals surface area (Å²) in [5.41, 5.74) is 0. The molecular formula is C79H141NO10. The molecule has 0 spiro atoms. The summed E-state index contributed by atoms with van der Waals surface area (Å²) >= 11 is 0. The van der Waals surface area contributed by atoms with Gasteiger partial charge >= 0.3 is 5.97 Å². The highest BCUT2D eigenvalue weighted by atomic mass is 16.7. The maximum absolute atomic E-state index is 13.0. The smallest absolute Gasteiger partial charge is 0.305 e. The first kappa shape index (κ1) is 84.9. The molecule has 0 bridgehead atoms. The Hall–Kier alpha value is -3.16. The van der Waals surface area contributed by atoms with Crippen molar-refractivity contribution in [3.8, 4) is 0 Å². The van der Waals surface area contributed by atoms with E-state index in [-0.39, 0.29) is 18.5 Å².